The molecule has 1 N–H and O–H groups in total. The lowest BCUT2D eigenvalue weighted by Crippen LogP contribution is -2.51. The van der Waals surface area contributed by atoms with E-state index in [4.69, 9.17) is 4.74 Å². The highest BCUT2D eigenvalue weighted by Crippen LogP contribution is 2.19. The van der Waals surface area contributed by atoms with Crippen molar-refractivity contribution in [3.8, 4) is 5.75 Å². The summed E-state index contributed by atoms with van der Waals surface area (Å²) in [4.78, 5) is 27.7. The van der Waals surface area contributed by atoms with E-state index in [2.05, 4.69) is 5.32 Å². The van der Waals surface area contributed by atoms with Crippen molar-refractivity contribution in [1.82, 2.24) is 10.2 Å². The van der Waals surface area contributed by atoms with Gasteiger partial charge in [0.25, 0.3) is 5.91 Å². The van der Waals surface area contributed by atoms with Gasteiger partial charge in [0.1, 0.15) is 11.8 Å². The Bertz CT molecular complexity index is 872. The highest BCUT2D eigenvalue weighted by atomic mass is 16.5. The van der Waals surface area contributed by atoms with E-state index in [9.17, 15) is 9.59 Å². The van der Waals surface area contributed by atoms with Gasteiger partial charge in [-0.2, -0.15) is 0 Å². The SMILES string of the molecule is Cc1ccc(OCC(=O)N(Cc2cccc(C)c2)C(C)C(=O)NC2CCCCC2)cc1. The van der Waals surface area contributed by atoms with Crippen LogP contribution in [0, 0.1) is 13.8 Å². The molecular weight excluding hydrogens is 388 g/mol. The summed E-state index contributed by atoms with van der Waals surface area (Å²) in [6.45, 7) is 6.10. The molecule has 5 heteroatoms. The highest BCUT2D eigenvalue weighted by Gasteiger charge is 2.28. The third-order valence-corrected chi connectivity index (χ3v) is 5.94. The molecule has 2 amide bonds. The maximum Gasteiger partial charge on any atom is 0.261 e. The Labute approximate surface area is 185 Å². The van der Waals surface area contributed by atoms with Crippen LogP contribution >= 0.6 is 0 Å². The molecule has 0 saturated heterocycles. The molecule has 31 heavy (non-hydrogen) atoms. The van der Waals surface area contributed by atoms with Gasteiger partial charge >= 0.3 is 0 Å². The Morgan fingerprint density at radius 2 is 1.74 bits per heavy atom. The summed E-state index contributed by atoms with van der Waals surface area (Å²) < 4.78 is 5.72. The molecule has 0 aliphatic heterocycles. The number of hydrogen-bond donors (Lipinski definition) is 1. The normalized spacial score (nSPS) is 15.2. The van der Waals surface area contributed by atoms with Crippen molar-refractivity contribution in [3.63, 3.8) is 0 Å². The van der Waals surface area contributed by atoms with Crippen molar-refractivity contribution >= 4 is 11.8 Å². The van der Waals surface area contributed by atoms with Crippen molar-refractivity contribution in [3.05, 3.63) is 65.2 Å². The number of carbonyl (C=O) groups excluding carboxylic acids is 2. The molecule has 0 bridgehead atoms. The molecule has 1 aliphatic carbocycles. The lowest BCUT2D eigenvalue weighted by atomic mass is 9.95. The average Bonchev–Trinajstić information content (AvgIpc) is 2.77. The second-order valence-corrected chi connectivity index (χ2v) is 8.63. The first-order chi connectivity index (χ1) is 14.9. The predicted molar refractivity (Wildman–Crippen MR) is 123 cm³/mol. The molecule has 0 aromatic heterocycles. The molecule has 0 radical (unpaired) electrons. The predicted octanol–water partition coefficient (Wildman–Crippen LogP) is 4.55. The minimum absolute atomic E-state index is 0.0942. The van der Waals surface area contributed by atoms with E-state index in [1.807, 2.05) is 62.4 Å². The Morgan fingerprint density at radius 3 is 2.42 bits per heavy atom. The average molecular weight is 423 g/mol. The minimum atomic E-state index is -0.573. The first-order valence-electron chi connectivity index (χ1n) is 11.3. The first kappa shape index (κ1) is 22.9. The summed E-state index contributed by atoms with van der Waals surface area (Å²) in [5.74, 6) is 0.352. The third kappa shape index (κ3) is 6.84. The molecule has 1 saturated carbocycles. The third-order valence-electron chi connectivity index (χ3n) is 5.94. The van der Waals surface area contributed by atoms with Crippen LogP contribution in [0.4, 0.5) is 0 Å². The largest absolute Gasteiger partial charge is 0.484 e. The van der Waals surface area contributed by atoms with Crippen LogP contribution in [0.1, 0.15) is 55.7 Å². The molecule has 1 unspecified atom stereocenters. The zero-order chi connectivity index (χ0) is 22.2. The second-order valence-electron chi connectivity index (χ2n) is 8.63. The molecule has 0 heterocycles. The number of rotatable bonds is 8. The smallest absolute Gasteiger partial charge is 0.261 e. The van der Waals surface area contributed by atoms with Gasteiger partial charge in [-0.1, -0.05) is 66.8 Å². The van der Waals surface area contributed by atoms with Gasteiger partial charge in [-0.3, -0.25) is 9.59 Å². The zero-order valence-corrected chi connectivity index (χ0v) is 18.9. The lowest BCUT2D eigenvalue weighted by molar-refractivity contribution is -0.142. The second kappa shape index (κ2) is 11.0. The van der Waals surface area contributed by atoms with Gasteiger partial charge in [0, 0.05) is 12.6 Å². The van der Waals surface area contributed by atoms with Crippen molar-refractivity contribution in [2.75, 3.05) is 6.61 Å². The molecule has 166 valence electrons. The van der Waals surface area contributed by atoms with Gasteiger partial charge in [-0.15, -0.1) is 0 Å². The molecule has 2 aromatic carbocycles. The number of carbonyl (C=O) groups is 2. The van der Waals surface area contributed by atoms with Gasteiger partial charge in [0.15, 0.2) is 6.61 Å². The van der Waals surface area contributed by atoms with Crippen LogP contribution in [-0.4, -0.2) is 35.4 Å². The number of benzene rings is 2. The molecule has 5 nitrogen and oxygen atoms in total. The molecule has 0 spiro atoms. The molecule has 3 rings (SSSR count). The molecule has 1 fully saturated rings. The van der Waals surface area contributed by atoms with E-state index in [0.717, 1.165) is 42.4 Å². The quantitative estimate of drug-likeness (QED) is 0.679. The number of aryl methyl sites for hydroxylation is 2. The zero-order valence-electron chi connectivity index (χ0n) is 18.9. The number of hydrogen-bond acceptors (Lipinski definition) is 3. The van der Waals surface area contributed by atoms with Crippen LogP contribution in [0.25, 0.3) is 0 Å². The fourth-order valence-electron chi connectivity index (χ4n) is 4.02. The van der Waals surface area contributed by atoms with Crippen LogP contribution in [0.2, 0.25) is 0 Å². The Kier molecular flexibility index (Phi) is 8.10. The maximum atomic E-state index is 13.1. The Hall–Kier alpha value is -2.82. The summed E-state index contributed by atoms with van der Waals surface area (Å²) >= 11 is 0. The van der Waals surface area contributed by atoms with Gasteiger partial charge in [-0.05, 0) is 51.3 Å². The topological polar surface area (TPSA) is 58.6 Å². The standard InChI is InChI=1S/C26H34N2O3/c1-19-12-14-24(15-13-19)31-18-25(29)28(17-22-9-7-8-20(2)16-22)21(3)26(30)27-23-10-5-4-6-11-23/h7-9,12-16,21,23H,4-6,10-11,17-18H2,1-3H3,(H,27,30). The van der Waals surface area contributed by atoms with Crippen molar-refractivity contribution in [2.24, 2.45) is 0 Å². The molecule has 1 atom stereocenters. The molecule has 2 aromatic rings. The minimum Gasteiger partial charge on any atom is -0.484 e. The van der Waals surface area contributed by atoms with E-state index in [1.165, 1.54) is 6.42 Å². The van der Waals surface area contributed by atoms with Crippen LogP contribution < -0.4 is 10.1 Å². The van der Waals surface area contributed by atoms with Gasteiger partial charge in [-0.25, -0.2) is 0 Å². The van der Waals surface area contributed by atoms with Crippen molar-refractivity contribution < 1.29 is 14.3 Å². The van der Waals surface area contributed by atoms with E-state index >= 15 is 0 Å². The van der Waals surface area contributed by atoms with Crippen LogP contribution in [0.5, 0.6) is 5.75 Å². The summed E-state index contributed by atoms with van der Waals surface area (Å²) in [5.41, 5.74) is 3.26. The van der Waals surface area contributed by atoms with Gasteiger partial charge in [0.2, 0.25) is 5.91 Å². The van der Waals surface area contributed by atoms with E-state index < -0.39 is 6.04 Å². The van der Waals surface area contributed by atoms with E-state index in [0.29, 0.717) is 12.3 Å². The van der Waals surface area contributed by atoms with Crippen LogP contribution in [0.3, 0.4) is 0 Å². The monoisotopic (exact) mass is 422 g/mol. The number of ether oxygens (including phenoxy) is 1. The summed E-state index contributed by atoms with van der Waals surface area (Å²) in [6, 6.07) is 15.3. The maximum absolute atomic E-state index is 13.1. The molecular formula is C26H34N2O3. The van der Waals surface area contributed by atoms with Crippen LogP contribution in [-0.2, 0) is 16.1 Å². The van der Waals surface area contributed by atoms with E-state index in [1.54, 1.807) is 11.8 Å². The first-order valence-corrected chi connectivity index (χ1v) is 11.3. The summed E-state index contributed by atoms with van der Waals surface area (Å²) in [6.07, 6.45) is 5.56. The molecule has 1 aliphatic rings. The Morgan fingerprint density at radius 1 is 1.03 bits per heavy atom. The number of nitrogens with zero attached hydrogens (tertiary/aromatic N) is 1. The fourth-order valence-corrected chi connectivity index (χ4v) is 4.02. The van der Waals surface area contributed by atoms with Gasteiger partial charge < -0.3 is 15.0 Å². The van der Waals surface area contributed by atoms with Gasteiger partial charge in [0.05, 0.1) is 0 Å². The lowest BCUT2D eigenvalue weighted by Gasteiger charge is -2.31. The van der Waals surface area contributed by atoms with Crippen molar-refractivity contribution in [1.29, 1.82) is 0 Å². The van der Waals surface area contributed by atoms with Crippen LogP contribution in [0.15, 0.2) is 48.5 Å². The Balaban J connectivity index is 1.70. The van der Waals surface area contributed by atoms with E-state index in [-0.39, 0.29) is 24.5 Å². The summed E-state index contributed by atoms with van der Waals surface area (Å²) in [7, 11) is 0. The highest BCUT2D eigenvalue weighted by molar-refractivity contribution is 5.88. The van der Waals surface area contributed by atoms with Crippen molar-refractivity contribution in [2.45, 2.75) is 71.5 Å². The number of nitrogens with one attached hydrogen (secondary N) is 1. The summed E-state index contributed by atoms with van der Waals surface area (Å²) in [5, 5.41) is 3.16. The number of amides is 2. The fraction of sp³-hybridized carbons (Fsp3) is 0.462.